The average molecular weight is 405 g/mol. The van der Waals surface area contributed by atoms with Gasteiger partial charge < -0.3 is 9.47 Å². The van der Waals surface area contributed by atoms with E-state index in [9.17, 15) is 0 Å². The van der Waals surface area contributed by atoms with Crippen molar-refractivity contribution in [3.05, 3.63) is 94.0 Å². The van der Waals surface area contributed by atoms with Crippen LogP contribution in [0.5, 0.6) is 11.5 Å². The molecular formula is C24H21ClN2O2. The summed E-state index contributed by atoms with van der Waals surface area (Å²) in [6, 6.07) is 22.4. The molecule has 0 saturated carbocycles. The molecule has 2 heterocycles. The van der Waals surface area contributed by atoms with Gasteiger partial charge in [-0.15, -0.1) is 0 Å². The second-order valence-corrected chi connectivity index (χ2v) is 7.87. The normalized spacial score (nSPS) is 19.8. The number of benzene rings is 3. The lowest BCUT2D eigenvalue weighted by atomic mass is 9.95. The molecule has 2 unspecified atom stereocenters. The molecule has 0 bridgehead atoms. The van der Waals surface area contributed by atoms with E-state index in [-0.39, 0.29) is 12.3 Å². The summed E-state index contributed by atoms with van der Waals surface area (Å²) in [6.07, 6.45) is 0.509. The van der Waals surface area contributed by atoms with Gasteiger partial charge in [0.25, 0.3) is 0 Å². The summed E-state index contributed by atoms with van der Waals surface area (Å²) in [7, 11) is 1.67. The van der Waals surface area contributed by atoms with Gasteiger partial charge in [0.05, 0.1) is 18.9 Å². The Morgan fingerprint density at radius 2 is 1.79 bits per heavy atom. The van der Waals surface area contributed by atoms with E-state index in [1.807, 2.05) is 42.5 Å². The van der Waals surface area contributed by atoms with Crippen LogP contribution in [0.2, 0.25) is 5.02 Å². The fraction of sp³-hybridized carbons (Fsp3) is 0.208. The molecule has 2 aliphatic rings. The Bertz CT molecular complexity index is 1080. The van der Waals surface area contributed by atoms with Gasteiger partial charge in [0, 0.05) is 22.6 Å². The lowest BCUT2D eigenvalue weighted by Gasteiger charge is -2.38. The Hall–Kier alpha value is -2.98. The van der Waals surface area contributed by atoms with E-state index in [4.69, 9.17) is 26.2 Å². The third-order valence-corrected chi connectivity index (χ3v) is 5.77. The molecule has 0 radical (unpaired) electrons. The van der Waals surface area contributed by atoms with E-state index in [1.165, 1.54) is 5.56 Å². The molecular weight excluding hydrogens is 384 g/mol. The first kappa shape index (κ1) is 18.1. The highest BCUT2D eigenvalue weighted by Crippen LogP contribution is 2.48. The number of ether oxygens (including phenoxy) is 2. The number of methoxy groups -OCH3 is 1. The maximum absolute atomic E-state index is 6.38. The van der Waals surface area contributed by atoms with Gasteiger partial charge in [-0.1, -0.05) is 41.4 Å². The molecule has 5 rings (SSSR count). The summed E-state index contributed by atoms with van der Waals surface area (Å²) < 4.78 is 11.7. The summed E-state index contributed by atoms with van der Waals surface area (Å²) in [6.45, 7) is 2.09. The molecule has 2 aliphatic heterocycles. The average Bonchev–Trinajstić information content (AvgIpc) is 3.20. The smallest absolute Gasteiger partial charge is 0.213 e. The van der Waals surface area contributed by atoms with Crippen molar-refractivity contribution in [3.8, 4) is 11.5 Å². The molecule has 0 spiro atoms. The molecule has 0 aliphatic carbocycles. The fourth-order valence-corrected chi connectivity index (χ4v) is 4.15. The zero-order valence-corrected chi connectivity index (χ0v) is 17.1. The molecule has 3 aromatic rings. The molecule has 0 N–H and O–H groups in total. The molecule has 0 aromatic heterocycles. The van der Waals surface area contributed by atoms with E-state index in [1.54, 1.807) is 7.11 Å². The minimum absolute atomic E-state index is 0.0841. The first-order chi connectivity index (χ1) is 14.1. The van der Waals surface area contributed by atoms with Gasteiger partial charge in [0.15, 0.2) is 0 Å². The topological polar surface area (TPSA) is 34.1 Å². The van der Waals surface area contributed by atoms with Gasteiger partial charge >= 0.3 is 0 Å². The van der Waals surface area contributed by atoms with Crippen LogP contribution in [0.1, 0.15) is 40.9 Å². The van der Waals surface area contributed by atoms with Crippen molar-refractivity contribution < 1.29 is 9.47 Å². The number of hydrogen-bond acceptors (Lipinski definition) is 4. The zero-order chi connectivity index (χ0) is 20.0. The Morgan fingerprint density at radius 1 is 1.03 bits per heavy atom. The number of fused-ring (bicyclic) bond motifs is 3. The van der Waals surface area contributed by atoms with Gasteiger partial charge in [-0.3, -0.25) is 0 Å². The van der Waals surface area contributed by atoms with Crippen LogP contribution < -0.4 is 9.47 Å². The maximum Gasteiger partial charge on any atom is 0.213 e. The summed E-state index contributed by atoms with van der Waals surface area (Å²) in [4.78, 5) is 0. The summed E-state index contributed by atoms with van der Waals surface area (Å²) in [5.41, 5.74) is 5.55. The molecule has 0 fully saturated rings. The Labute approximate surface area is 175 Å². The van der Waals surface area contributed by atoms with Crippen molar-refractivity contribution in [2.24, 2.45) is 5.10 Å². The van der Waals surface area contributed by atoms with Crippen molar-refractivity contribution in [2.45, 2.75) is 25.6 Å². The largest absolute Gasteiger partial charge is 0.497 e. The summed E-state index contributed by atoms with van der Waals surface area (Å²) in [5.74, 6) is 1.68. The quantitative estimate of drug-likeness (QED) is 0.545. The SMILES string of the molecule is COc1ccc(C2Oc3ccc(Cl)cc3C3CC(c4ccc(C)cc4)=NN32)cc1. The standard InChI is InChI=1S/C24H21ClN2O2/c1-15-3-5-16(6-4-15)21-14-22-20-13-18(25)9-12-23(20)29-24(27(22)26-21)17-7-10-19(28-2)11-8-17/h3-13,22,24H,14H2,1-2H3. The summed E-state index contributed by atoms with van der Waals surface area (Å²) >= 11 is 6.30. The van der Waals surface area contributed by atoms with E-state index < -0.39 is 0 Å². The Morgan fingerprint density at radius 3 is 2.52 bits per heavy atom. The second kappa shape index (κ2) is 7.12. The molecule has 146 valence electrons. The highest BCUT2D eigenvalue weighted by molar-refractivity contribution is 6.30. The van der Waals surface area contributed by atoms with Crippen molar-refractivity contribution in [1.82, 2.24) is 5.01 Å². The number of hydrazone groups is 1. The maximum atomic E-state index is 6.38. The van der Waals surface area contributed by atoms with Gasteiger partial charge in [0.1, 0.15) is 11.5 Å². The van der Waals surface area contributed by atoms with Crippen LogP contribution in [-0.2, 0) is 0 Å². The van der Waals surface area contributed by atoms with Gasteiger partial charge in [-0.05, 0) is 55.0 Å². The van der Waals surface area contributed by atoms with Crippen LogP contribution in [0.15, 0.2) is 71.8 Å². The monoisotopic (exact) mass is 404 g/mol. The molecule has 3 aromatic carbocycles. The van der Waals surface area contributed by atoms with E-state index in [2.05, 4.69) is 36.2 Å². The number of halogens is 1. The predicted molar refractivity (Wildman–Crippen MR) is 115 cm³/mol. The van der Waals surface area contributed by atoms with Gasteiger partial charge in [-0.25, -0.2) is 5.01 Å². The number of nitrogens with zero attached hydrogens (tertiary/aromatic N) is 2. The lowest BCUT2D eigenvalue weighted by molar-refractivity contribution is -0.0190. The number of hydrogen-bond donors (Lipinski definition) is 0. The second-order valence-electron chi connectivity index (χ2n) is 7.44. The van der Waals surface area contributed by atoms with E-state index in [0.29, 0.717) is 5.02 Å². The van der Waals surface area contributed by atoms with Crippen LogP contribution in [0.4, 0.5) is 0 Å². The Kier molecular flexibility index (Phi) is 4.44. The van der Waals surface area contributed by atoms with Crippen LogP contribution in [0, 0.1) is 6.92 Å². The lowest BCUT2D eigenvalue weighted by Crippen LogP contribution is -2.33. The van der Waals surface area contributed by atoms with Crippen molar-refractivity contribution >= 4 is 17.3 Å². The van der Waals surface area contributed by atoms with E-state index in [0.717, 1.165) is 40.3 Å². The highest BCUT2D eigenvalue weighted by Gasteiger charge is 2.41. The fourth-order valence-electron chi connectivity index (χ4n) is 3.97. The highest BCUT2D eigenvalue weighted by atomic mass is 35.5. The first-order valence-electron chi connectivity index (χ1n) is 9.65. The van der Waals surface area contributed by atoms with Crippen molar-refractivity contribution in [1.29, 1.82) is 0 Å². The van der Waals surface area contributed by atoms with Crippen LogP contribution in [-0.4, -0.2) is 17.8 Å². The Balaban J connectivity index is 1.58. The number of aryl methyl sites for hydroxylation is 1. The summed E-state index contributed by atoms with van der Waals surface area (Å²) in [5, 5.41) is 7.76. The molecule has 0 saturated heterocycles. The molecule has 4 nitrogen and oxygen atoms in total. The predicted octanol–water partition coefficient (Wildman–Crippen LogP) is 5.90. The molecule has 2 atom stereocenters. The van der Waals surface area contributed by atoms with Crippen molar-refractivity contribution in [3.63, 3.8) is 0 Å². The number of rotatable bonds is 3. The first-order valence-corrected chi connectivity index (χ1v) is 10.0. The third kappa shape index (κ3) is 3.23. The third-order valence-electron chi connectivity index (χ3n) is 5.54. The minimum Gasteiger partial charge on any atom is -0.497 e. The zero-order valence-electron chi connectivity index (χ0n) is 16.3. The molecule has 29 heavy (non-hydrogen) atoms. The minimum atomic E-state index is -0.303. The van der Waals surface area contributed by atoms with Crippen molar-refractivity contribution in [2.75, 3.05) is 7.11 Å². The molecule has 5 heteroatoms. The van der Waals surface area contributed by atoms with Gasteiger partial charge in [0.2, 0.25) is 6.23 Å². The van der Waals surface area contributed by atoms with Crippen LogP contribution in [0.25, 0.3) is 0 Å². The van der Waals surface area contributed by atoms with Crippen LogP contribution in [0.3, 0.4) is 0 Å². The molecule has 0 amide bonds. The van der Waals surface area contributed by atoms with Crippen LogP contribution >= 0.6 is 11.6 Å². The van der Waals surface area contributed by atoms with E-state index >= 15 is 0 Å². The van der Waals surface area contributed by atoms with Gasteiger partial charge in [-0.2, -0.15) is 5.10 Å².